The Morgan fingerprint density at radius 2 is 1.17 bits per heavy atom. The van der Waals surface area contributed by atoms with Gasteiger partial charge in [-0.1, -0.05) is 103 Å². The molecule has 4 rings (SSSR count). The molecule has 0 saturated heterocycles. The van der Waals surface area contributed by atoms with Gasteiger partial charge in [0.25, 0.3) is 5.69 Å². The first-order valence-corrected chi connectivity index (χ1v) is 12.6. The summed E-state index contributed by atoms with van der Waals surface area (Å²) >= 11 is 0. The Morgan fingerprint density at radius 3 is 1.57 bits per heavy atom. The van der Waals surface area contributed by atoms with Gasteiger partial charge in [0.15, 0.2) is 0 Å². The molecule has 0 aromatic heterocycles. The van der Waals surface area contributed by atoms with E-state index in [1.807, 2.05) is 91.0 Å². The molecule has 0 saturated carbocycles. The Balaban J connectivity index is 2.24. The van der Waals surface area contributed by atoms with Crippen LogP contribution in [0.3, 0.4) is 0 Å². The van der Waals surface area contributed by atoms with E-state index in [2.05, 4.69) is 0 Å². The van der Waals surface area contributed by atoms with Crippen molar-refractivity contribution in [3.63, 3.8) is 0 Å². The molecule has 0 aliphatic heterocycles. The van der Waals surface area contributed by atoms with Crippen molar-refractivity contribution in [2.45, 2.75) is 0 Å². The van der Waals surface area contributed by atoms with Gasteiger partial charge in [0.05, 0.1) is 12.0 Å². The van der Waals surface area contributed by atoms with Gasteiger partial charge < -0.3 is 4.74 Å². The van der Waals surface area contributed by atoms with Gasteiger partial charge in [-0.05, 0) is 22.8 Å². The molecule has 0 fully saturated rings. The molecule has 0 amide bonds. The van der Waals surface area contributed by atoms with Crippen molar-refractivity contribution in [1.29, 1.82) is 0 Å². The van der Waals surface area contributed by atoms with Crippen molar-refractivity contribution in [3.8, 4) is 0 Å². The zero-order chi connectivity index (χ0) is 24.8. The summed E-state index contributed by atoms with van der Waals surface area (Å²) in [5.41, 5.74) is -0.185. The van der Waals surface area contributed by atoms with Gasteiger partial charge in [-0.25, -0.2) is 4.79 Å². The van der Waals surface area contributed by atoms with Gasteiger partial charge in [0.2, 0.25) is 5.78 Å². The minimum Gasteiger partial charge on any atom is -0.465 e. The van der Waals surface area contributed by atoms with E-state index in [0.717, 1.165) is 15.9 Å². The molecular formula is C28H22NO5P. The van der Waals surface area contributed by atoms with Crippen LogP contribution in [-0.2, 0) is 9.53 Å². The SMILES string of the molecule is COC(=O)C(C(=O)c1cccc([N+](=O)[O-])c1)=P(c1ccccc1)(c1ccccc1)c1ccccc1. The van der Waals surface area contributed by atoms with Crippen molar-refractivity contribution >= 4 is 45.5 Å². The quantitative estimate of drug-likeness (QED) is 0.0986. The third-order valence-corrected chi connectivity index (χ3v) is 9.95. The molecule has 0 aliphatic carbocycles. The lowest BCUT2D eigenvalue weighted by Gasteiger charge is -2.31. The summed E-state index contributed by atoms with van der Waals surface area (Å²) in [6.45, 7) is -3.07. The minimum absolute atomic E-state index is 0.0479. The number of nitro groups is 1. The number of Topliss-reactive ketones (excluding diaryl/α,β-unsaturated/α-hetero) is 1. The summed E-state index contributed by atoms with van der Waals surface area (Å²) < 4.78 is 5.20. The van der Waals surface area contributed by atoms with Crippen LogP contribution in [0.15, 0.2) is 115 Å². The average Bonchev–Trinajstić information content (AvgIpc) is 2.92. The van der Waals surface area contributed by atoms with Crippen LogP contribution >= 0.6 is 6.89 Å². The van der Waals surface area contributed by atoms with Gasteiger partial charge >= 0.3 is 5.97 Å². The maximum atomic E-state index is 14.2. The van der Waals surface area contributed by atoms with E-state index in [1.165, 1.54) is 31.4 Å². The lowest BCUT2D eigenvalue weighted by atomic mass is 10.1. The van der Waals surface area contributed by atoms with Crippen molar-refractivity contribution in [1.82, 2.24) is 0 Å². The number of ether oxygens (including phenoxy) is 1. The number of non-ortho nitro benzene ring substituents is 1. The number of rotatable bonds is 7. The summed E-state index contributed by atoms with van der Waals surface area (Å²) in [6.07, 6.45) is 0. The molecule has 35 heavy (non-hydrogen) atoms. The second kappa shape index (κ2) is 10.3. The number of hydrogen-bond donors (Lipinski definition) is 0. The van der Waals surface area contributed by atoms with E-state index in [-0.39, 0.29) is 16.5 Å². The fourth-order valence-corrected chi connectivity index (χ4v) is 8.49. The molecule has 174 valence electrons. The highest BCUT2D eigenvalue weighted by Gasteiger charge is 2.38. The van der Waals surface area contributed by atoms with E-state index < -0.39 is 23.6 Å². The number of nitrogens with zero attached hydrogens (tertiary/aromatic N) is 1. The van der Waals surface area contributed by atoms with Crippen LogP contribution in [0.25, 0.3) is 0 Å². The molecule has 0 bridgehead atoms. The number of esters is 1. The molecule has 4 aromatic carbocycles. The zero-order valence-electron chi connectivity index (χ0n) is 18.9. The van der Waals surface area contributed by atoms with Crippen LogP contribution in [0.1, 0.15) is 10.4 Å². The third-order valence-electron chi connectivity index (χ3n) is 5.68. The van der Waals surface area contributed by atoms with E-state index in [4.69, 9.17) is 4.74 Å². The largest absolute Gasteiger partial charge is 0.465 e. The summed E-state index contributed by atoms with van der Waals surface area (Å²) in [4.78, 5) is 38.5. The van der Waals surface area contributed by atoms with Crippen molar-refractivity contribution in [3.05, 3.63) is 131 Å². The van der Waals surface area contributed by atoms with Crippen molar-refractivity contribution < 1.29 is 19.2 Å². The van der Waals surface area contributed by atoms with E-state index in [0.29, 0.717) is 0 Å². The second-order valence-corrected chi connectivity index (χ2v) is 11.0. The highest BCUT2D eigenvalue weighted by atomic mass is 31.2. The molecule has 4 aromatic rings. The monoisotopic (exact) mass is 483 g/mol. The summed E-state index contributed by atoms with van der Waals surface area (Å²) in [5, 5.41) is 13.7. The standard InChI is InChI=1S/C28H22NO5P/c1-34-28(31)27(26(30)21-12-11-13-22(20-21)29(32)33)35(23-14-5-2-6-15-23,24-16-7-3-8-17-24)25-18-9-4-10-19-25/h2-20H,1H3. The first-order chi connectivity index (χ1) is 17.0. The van der Waals surface area contributed by atoms with Crippen LogP contribution < -0.4 is 15.9 Å². The van der Waals surface area contributed by atoms with Gasteiger partial charge in [-0.3, -0.25) is 14.9 Å². The zero-order valence-corrected chi connectivity index (χ0v) is 19.8. The van der Waals surface area contributed by atoms with E-state index >= 15 is 0 Å². The van der Waals surface area contributed by atoms with E-state index in [9.17, 15) is 19.7 Å². The number of ketones is 1. The normalized spacial score (nSPS) is 10.9. The lowest BCUT2D eigenvalue weighted by molar-refractivity contribution is -0.384. The first kappa shape index (κ1) is 23.9. The number of carbonyl (C=O) groups excluding carboxylic acids is 2. The van der Waals surface area contributed by atoms with Gasteiger partial charge in [0.1, 0.15) is 5.29 Å². The minimum atomic E-state index is -3.07. The third kappa shape index (κ3) is 4.44. The first-order valence-electron chi connectivity index (χ1n) is 10.8. The Morgan fingerprint density at radius 1 is 0.714 bits per heavy atom. The van der Waals surface area contributed by atoms with Crippen LogP contribution in [0.2, 0.25) is 0 Å². The maximum absolute atomic E-state index is 14.2. The van der Waals surface area contributed by atoms with Gasteiger partial charge in [-0.2, -0.15) is 0 Å². The predicted octanol–water partition coefficient (Wildman–Crippen LogP) is 4.12. The predicted molar refractivity (Wildman–Crippen MR) is 140 cm³/mol. The molecule has 0 N–H and O–H groups in total. The lowest BCUT2D eigenvalue weighted by Crippen LogP contribution is -2.38. The van der Waals surface area contributed by atoms with Crippen LogP contribution in [-0.4, -0.2) is 29.1 Å². The van der Waals surface area contributed by atoms with Crippen LogP contribution in [0, 0.1) is 10.1 Å². The fraction of sp³-hybridized carbons (Fsp3) is 0.0357. The van der Waals surface area contributed by atoms with Crippen molar-refractivity contribution in [2.24, 2.45) is 0 Å². The van der Waals surface area contributed by atoms with Crippen molar-refractivity contribution in [2.75, 3.05) is 7.11 Å². The van der Waals surface area contributed by atoms with Crippen LogP contribution in [0.5, 0.6) is 0 Å². The number of nitro benzene ring substituents is 1. The Hall–Kier alpha value is -4.28. The summed E-state index contributed by atoms with van der Waals surface area (Å²) in [7, 11) is 1.23. The number of carbonyl (C=O) groups is 2. The molecule has 0 radical (unpaired) electrons. The second-order valence-electron chi connectivity index (χ2n) is 7.65. The maximum Gasteiger partial charge on any atom is 0.342 e. The number of benzene rings is 4. The smallest absolute Gasteiger partial charge is 0.342 e. The van der Waals surface area contributed by atoms with E-state index in [1.54, 1.807) is 0 Å². The summed E-state index contributed by atoms with van der Waals surface area (Å²) in [6, 6.07) is 33.6. The molecule has 0 aliphatic rings. The highest BCUT2D eigenvalue weighted by molar-refractivity contribution is 7.97. The fourth-order valence-electron chi connectivity index (χ4n) is 4.17. The Labute approximate surface area is 202 Å². The molecule has 0 unspecified atom stereocenters. The molecule has 0 atom stereocenters. The number of methoxy groups -OCH3 is 1. The Kier molecular flexibility index (Phi) is 7.04. The highest BCUT2D eigenvalue weighted by Crippen LogP contribution is 2.47. The molecule has 0 spiro atoms. The topological polar surface area (TPSA) is 86.5 Å². The van der Waals surface area contributed by atoms with Gasteiger partial charge in [-0.15, -0.1) is 0 Å². The van der Waals surface area contributed by atoms with Gasteiger partial charge in [0, 0.05) is 17.7 Å². The summed E-state index contributed by atoms with van der Waals surface area (Å²) in [5.74, 6) is -1.38. The van der Waals surface area contributed by atoms with Crippen LogP contribution in [0.4, 0.5) is 5.69 Å². The molecule has 0 heterocycles. The molecule has 6 nitrogen and oxygen atoms in total. The molecular weight excluding hydrogens is 461 g/mol. The molecule has 7 heteroatoms. The Bertz CT molecular complexity index is 1330. The average molecular weight is 483 g/mol. The number of hydrogen-bond acceptors (Lipinski definition) is 5.